The Labute approximate surface area is 114 Å². The molecule has 19 heavy (non-hydrogen) atoms. The van der Waals surface area contributed by atoms with Gasteiger partial charge in [-0.25, -0.2) is 4.98 Å². The normalized spacial score (nSPS) is 12.6. The number of aromatic nitrogens is 2. The molecule has 1 heterocycles. The number of imidazole rings is 1. The van der Waals surface area contributed by atoms with E-state index in [0.29, 0.717) is 6.04 Å². The van der Waals surface area contributed by atoms with Gasteiger partial charge in [0.15, 0.2) is 0 Å². The number of hydrogen-bond donors (Lipinski definition) is 2. The monoisotopic (exact) mass is 259 g/mol. The molecule has 0 radical (unpaired) electrons. The molecule has 0 saturated heterocycles. The molecule has 4 heteroatoms. The van der Waals surface area contributed by atoms with E-state index in [4.69, 9.17) is 5.11 Å². The van der Waals surface area contributed by atoms with E-state index >= 15 is 0 Å². The second-order valence-corrected chi connectivity index (χ2v) is 4.76. The second-order valence-electron chi connectivity index (χ2n) is 4.76. The van der Waals surface area contributed by atoms with Crippen LogP contribution in [0, 0.1) is 6.92 Å². The highest BCUT2D eigenvalue weighted by molar-refractivity contribution is 5.35. The minimum Gasteiger partial charge on any atom is -0.396 e. The summed E-state index contributed by atoms with van der Waals surface area (Å²) in [6.07, 6.45) is 2.67. The Balaban J connectivity index is 2.14. The van der Waals surface area contributed by atoms with Crippen LogP contribution >= 0.6 is 0 Å². The van der Waals surface area contributed by atoms with E-state index in [2.05, 4.69) is 33.9 Å². The summed E-state index contributed by atoms with van der Waals surface area (Å²) >= 11 is 0. The van der Waals surface area contributed by atoms with Crippen LogP contribution in [0.3, 0.4) is 0 Å². The summed E-state index contributed by atoms with van der Waals surface area (Å²) in [4.78, 5) is 4.39. The molecular formula is C15H21N3O. The fourth-order valence-corrected chi connectivity index (χ4v) is 2.12. The lowest BCUT2D eigenvalue weighted by molar-refractivity contribution is 0.268. The Morgan fingerprint density at radius 1 is 1.32 bits per heavy atom. The van der Waals surface area contributed by atoms with Crippen molar-refractivity contribution in [3.8, 4) is 5.69 Å². The minimum absolute atomic E-state index is 0.213. The van der Waals surface area contributed by atoms with E-state index in [1.54, 1.807) is 0 Å². The van der Waals surface area contributed by atoms with Gasteiger partial charge in [-0.05, 0) is 32.4 Å². The highest BCUT2D eigenvalue weighted by Gasteiger charge is 2.09. The van der Waals surface area contributed by atoms with Crippen molar-refractivity contribution in [1.29, 1.82) is 0 Å². The molecule has 1 aromatic heterocycles. The summed E-state index contributed by atoms with van der Waals surface area (Å²) in [7, 11) is 0. The largest absolute Gasteiger partial charge is 0.396 e. The quantitative estimate of drug-likeness (QED) is 0.834. The number of rotatable bonds is 6. The summed E-state index contributed by atoms with van der Waals surface area (Å²) in [5, 5.41) is 12.3. The van der Waals surface area contributed by atoms with E-state index in [9.17, 15) is 0 Å². The molecule has 4 nitrogen and oxygen atoms in total. The van der Waals surface area contributed by atoms with Crippen LogP contribution in [0.15, 0.2) is 36.5 Å². The van der Waals surface area contributed by atoms with Gasteiger partial charge >= 0.3 is 0 Å². The molecule has 2 aromatic rings. The maximum Gasteiger partial charge on any atom is 0.110 e. The van der Waals surface area contributed by atoms with Crippen LogP contribution in [0.5, 0.6) is 0 Å². The van der Waals surface area contributed by atoms with Crippen molar-refractivity contribution in [1.82, 2.24) is 14.9 Å². The summed E-state index contributed by atoms with van der Waals surface area (Å²) < 4.78 is 2.15. The molecule has 102 valence electrons. The molecule has 0 spiro atoms. The number of aliphatic hydroxyl groups is 1. The summed E-state index contributed by atoms with van der Waals surface area (Å²) in [5.41, 5.74) is 2.26. The van der Waals surface area contributed by atoms with Crippen molar-refractivity contribution < 1.29 is 5.11 Å². The van der Waals surface area contributed by atoms with Gasteiger partial charge in [0.05, 0.1) is 11.9 Å². The number of hydrogen-bond acceptors (Lipinski definition) is 3. The van der Waals surface area contributed by atoms with Gasteiger partial charge in [-0.3, -0.25) is 4.57 Å². The second kappa shape index (κ2) is 6.50. The van der Waals surface area contributed by atoms with Crippen molar-refractivity contribution in [3.63, 3.8) is 0 Å². The number of aliphatic hydroxyl groups excluding tert-OH is 1. The summed E-state index contributed by atoms with van der Waals surface area (Å²) in [5.74, 6) is 0.984. The lowest BCUT2D eigenvalue weighted by atomic mass is 10.2. The Kier molecular flexibility index (Phi) is 4.71. The summed E-state index contributed by atoms with van der Waals surface area (Å²) in [6.45, 7) is 5.04. The fourth-order valence-electron chi connectivity index (χ4n) is 2.12. The van der Waals surface area contributed by atoms with Gasteiger partial charge in [0, 0.05) is 24.9 Å². The first-order chi connectivity index (χ1) is 9.22. The number of nitrogens with zero attached hydrogens (tertiary/aromatic N) is 2. The third-order valence-electron chi connectivity index (χ3n) is 3.22. The van der Waals surface area contributed by atoms with Gasteiger partial charge in [0.2, 0.25) is 0 Å². The Hall–Kier alpha value is -1.65. The SMILES string of the molecule is Cc1ncc(CNC(C)CCO)n1-c1ccccc1. The van der Waals surface area contributed by atoms with Gasteiger partial charge in [0.25, 0.3) is 0 Å². The highest BCUT2D eigenvalue weighted by atomic mass is 16.3. The first-order valence-electron chi connectivity index (χ1n) is 6.65. The molecule has 0 bridgehead atoms. The van der Waals surface area contributed by atoms with E-state index in [1.165, 1.54) is 0 Å². The third-order valence-corrected chi connectivity index (χ3v) is 3.22. The zero-order chi connectivity index (χ0) is 13.7. The molecule has 0 saturated carbocycles. The molecule has 0 aliphatic rings. The molecule has 2 rings (SSSR count). The van der Waals surface area contributed by atoms with E-state index in [-0.39, 0.29) is 6.61 Å². The molecule has 2 N–H and O–H groups in total. The number of para-hydroxylation sites is 1. The first-order valence-corrected chi connectivity index (χ1v) is 6.65. The van der Waals surface area contributed by atoms with Crippen LogP contribution < -0.4 is 5.32 Å². The van der Waals surface area contributed by atoms with E-state index < -0.39 is 0 Å². The number of aryl methyl sites for hydroxylation is 1. The van der Waals surface area contributed by atoms with E-state index in [0.717, 1.165) is 30.2 Å². The molecular weight excluding hydrogens is 238 g/mol. The molecule has 0 aliphatic heterocycles. The standard InChI is InChI=1S/C15H21N3O/c1-12(8-9-19)16-10-15-11-17-13(2)18(15)14-6-4-3-5-7-14/h3-7,11-12,16,19H,8-10H2,1-2H3. The van der Waals surface area contributed by atoms with Crippen molar-refractivity contribution in [2.75, 3.05) is 6.61 Å². The van der Waals surface area contributed by atoms with Crippen molar-refractivity contribution >= 4 is 0 Å². The average Bonchev–Trinajstić information content (AvgIpc) is 2.79. The molecule has 0 aliphatic carbocycles. The van der Waals surface area contributed by atoms with Gasteiger partial charge in [-0.15, -0.1) is 0 Å². The third kappa shape index (κ3) is 3.43. The van der Waals surface area contributed by atoms with Crippen LogP contribution in [-0.4, -0.2) is 27.3 Å². The maximum atomic E-state index is 8.91. The number of benzene rings is 1. The molecule has 1 unspecified atom stereocenters. The van der Waals surface area contributed by atoms with Crippen LogP contribution in [0.1, 0.15) is 24.9 Å². The van der Waals surface area contributed by atoms with Gasteiger partial charge < -0.3 is 10.4 Å². The van der Waals surface area contributed by atoms with Crippen molar-refractivity contribution in [2.24, 2.45) is 0 Å². The van der Waals surface area contributed by atoms with Crippen LogP contribution in [0.4, 0.5) is 0 Å². The van der Waals surface area contributed by atoms with Crippen LogP contribution in [-0.2, 0) is 6.54 Å². The number of nitrogens with one attached hydrogen (secondary N) is 1. The summed E-state index contributed by atoms with van der Waals surface area (Å²) in [6, 6.07) is 10.5. The van der Waals surface area contributed by atoms with Gasteiger partial charge in [-0.2, -0.15) is 0 Å². The highest BCUT2D eigenvalue weighted by Crippen LogP contribution is 2.14. The fraction of sp³-hybridized carbons (Fsp3) is 0.400. The molecule has 1 atom stereocenters. The van der Waals surface area contributed by atoms with Crippen LogP contribution in [0.2, 0.25) is 0 Å². The molecule has 0 amide bonds. The van der Waals surface area contributed by atoms with Crippen LogP contribution in [0.25, 0.3) is 5.69 Å². The molecule has 0 fully saturated rings. The zero-order valence-corrected chi connectivity index (χ0v) is 11.5. The Bertz CT molecular complexity index is 507. The Morgan fingerprint density at radius 2 is 2.05 bits per heavy atom. The van der Waals surface area contributed by atoms with E-state index in [1.807, 2.05) is 31.3 Å². The zero-order valence-electron chi connectivity index (χ0n) is 11.5. The average molecular weight is 259 g/mol. The van der Waals surface area contributed by atoms with Crippen molar-refractivity contribution in [3.05, 3.63) is 48.0 Å². The van der Waals surface area contributed by atoms with Gasteiger partial charge in [-0.1, -0.05) is 18.2 Å². The maximum absolute atomic E-state index is 8.91. The minimum atomic E-state index is 0.213. The van der Waals surface area contributed by atoms with Crippen molar-refractivity contribution in [2.45, 2.75) is 32.9 Å². The predicted octanol–water partition coefficient (Wildman–Crippen LogP) is 2.04. The lowest BCUT2D eigenvalue weighted by Gasteiger charge is -2.14. The first kappa shape index (κ1) is 13.8. The smallest absolute Gasteiger partial charge is 0.110 e. The lowest BCUT2D eigenvalue weighted by Crippen LogP contribution is -2.27. The Morgan fingerprint density at radius 3 is 2.74 bits per heavy atom. The van der Waals surface area contributed by atoms with Gasteiger partial charge in [0.1, 0.15) is 5.82 Å². The predicted molar refractivity (Wildman–Crippen MR) is 76.3 cm³/mol. The topological polar surface area (TPSA) is 50.1 Å². The molecule has 1 aromatic carbocycles.